The number of carboxylic acids is 1. The van der Waals surface area contributed by atoms with Crippen LogP contribution < -0.4 is 5.32 Å². The lowest BCUT2D eigenvalue weighted by molar-refractivity contribution is -0.150. The third kappa shape index (κ3) is 3.25. The first-order valence-corrected chi connectivity index (χ1v) is 4.61. The fourth-order valence-electron chi connectivity index (χ4n) is 0.830. The maximum absolute atomic E-state index is 10.6. The Labute approximate surface area is 79.2 Å². The summed E-state index contributed by atoms with van der Waals surface area (Å²) in [7, 11) is 0. The Morgan fingerprint density at radius 1 is 1.54 bits per heavy atom. The van der Waals surface area contributed by atoms with Gasteiger partial charge in [-0.2, -0.15) is 0 Å². The predicted octanol–water partition coefficient (Wildman–Crippen LogP) is 0.491. The molecule has 2 N–H and O–H groups in total. The number of carboxylic acid groups (broad SMARTS) is 1. The summed E-state index contributed by atoms with van der Waals surface area (Å²) in [6.45, 7) is 0.367. The van der Waals surface area contributed by atoms with Gasteiger partial charge < -0.3 is 10.4 Å². The van der Waals surface area contributed by atoms with Crippen molar-refractivity contribution in [3.05, 3.63) is 22.4 Å². The number of nitrogens with one attached hydrogen (secondary N) is 1. The van der Waals surface area contributed by atoms with Crippen LogP contribution in [-0.2, 0) is 16.0 Å². The number of hydrogen-bond donors (Lipinski definition) is 2. The largest absolute Gasteiger partial charge is 0.474 e. The van der Waals surface area contributed by atoms with Gasteiger partial charge in [0, 0.05) is 11.4 Å². The summed E-state index contributed by atoms with van der Waals surface area (Å²) >= 11 is 1.58. The van der Waals surface area contributed by atoms with Crippen molar-refractivity contribution >= 4 is 23.2 Å². The highest BCUT2D eigenvalue weighted by atomic mass is 32.1. The van der Waals surface area contributed by atoms with E-state index >= 15 is 0 Å². The summed E-state index contributed by atoms with van der Waals surface area (Å²) in [6, 6.07) is 3.86. The molecule has 0 aliphatic carbocycles. The van der Waals surface area contributed by atoms with Crippen molar-refractivity contribution in [3.63, 3.8) is 0 Å². The fraction of sp³-hybridized carbons (Fsp3) is 0.250. The zero-order valence-corrected chi connectivity index (χ0v) is 7.63. The molecule has 0 saturated heterocycles. The lowest BCUT2D eigenvalue weighted by Crippen LogP contribution is -2.32. The van der Waals surface area contributed by atoms with E-state index in [0.717, 1.165) is 4.88 Å². The number of aliphatic carboxylic acids is 1. The van der Waals surface area contributed by atoms with Crippen LogP contribution in [0.15, 0.2) is 17.5 Å². The molecule has 70 valence electrons. The first-order valence-electron chi connectivity index (χ1n) is 3.73. The number of amides is 1. The SMILES string of the molecule is O=C(O)C(=O)NCCc1cccs1. The smallest absolute Gasteiger partial charge is 0.394 e. The molecule has 0 atom stereocenters. The van der Waals surface area contributed by atoms with Gasteiger partial charge in [0.1, 0.15) is 0 Å². The van der Waals surface area contributed by atoms with Crippen LogP contribution in [0.3, 0.4) is 0 Å². The summed E-state index contributed by atoms with van der Waals surface area (Å²) < 4.78 is 0. The maximum atomic E-state index is 10.6. The molecule has 0 aromatic carbocycles. The fourth-order valence-corrected chi connectivity index (χ4v) is 1.54. The molecule has 13 heavy (non-hydrogen) atoms. The van der Waals surface area contributed by atoms with Crippen molar-refractivity contribution < 1.29 is 14.7 Å². The highest BCUT2D eigenvalue weighted by Gasteiger charge is 2.08. The lowest BCUT2D eigenvalue weighted by Gasteiger charge is -1.98. The molecule has 0 fully saturated rings. The summed E-state index contributed by atoms with van der Waals surface area (Å²) in [5.41, 5.74) is 0. The second-order valence-electron chi connectivity index (χ2n) is 2.39. The number of carbonyl (C=O) groups excluding carboxylic acids is 1. The van der Waals surface area contributed by atoms with Crippen LogP contribution in [0, 0.1) is 0 Å². The molecule has 5 heteroatoms. The average Bonchev–Trinajstić information content (AvgIpc) is 2.56. The van der Waals surface area contributed by atoms with Gasteiger partial charge in [-0.25, -0.2) is 4.79 Å². The normalized spacial score (nSPS) is 9.54. The molecule has 0 bridgehead atoms. The monoisotopic (exact) mass is 199 g/mol. The molecule has 0 unspecified atom stereocenters. The first-order chi connectivity index (χ1) is 6.20. The van der Waals surface area contributed by atoms with Crippen molar-refractivity contribution in [2.24, 2.45) is 0 Å². The van der Waals surface area contributed by atoms with Gasteiger partial charge in [-0.1, -0.05) is 6.07 Å². The average molecular weight is 199 g/mol. The minimum atomic E-state index is -1.44. The lowest BCUT2D eigenvalue weighted by atomic mass is 10.3. The molecule has 1 aromatic rings. The number of hydrogen-bond acceptors (Lipinski definition) is 3. The van der Waals surface area contributed by atoms with Crippen molar-refractivity contribution in [3.8, 4) is 0 Å². The van der Waals surface area contributed by atoms with E-state index in [9.17, 15) is 9.59 Å². The molecular formula is C8H9NO3S. The molecule has 0 aliphatic heterocycles. The van der Waals surface area contributed by atoms with Crippen molar-refractivity contribution in [1.82, 2.24) is 5.32 Å². The van der Waals surface area contributed by atoms with Gasteiger partial charge in [-0.3, -0.25) is 4.79 Å². The molecule has 1 amide bonds. The van der Waals surface area contributed by atoms with Gasteiger partial charge in [0.25, 0.3) is 0 Å². The van der Waals surface area contributed by atoms with Crippen LogP contribution in [0.25, 0.3) is 0 Å². The van der Waals surface area contributed by atoms with E-state index in [0.29, 0.717) is 13.0 Å². The van der Waals surface area contributed by atoms with Crippen LogP contribution >= 0.6 is 11.3 Å². The van der Waals surface area contributed by atoms with Gasteiger partial charge in [-0.05, 0) is 17.9 Å². The van der Waals surface area contributed by atoms with E-state index in [1.807, 2.05) is 17.5 Å². The summed E-state index contributed by atoms with van der Waals surface area (Å²) in [5, 5.41) is 12.5. The summed E-state index contributed by atoms with van der Waals surface area (Å²) in [5.74, 6) is -2.39. The van der Waals surface area contributed by atoms with Gasteiger partial charge in [-0.15, -0.1) is 11.3 Å². The van der Waals surface area contributed by atoms with Gasteiger partial charge in [0.2, 0.25) is 0 Å². The van der Waals surface area contributed by atoms with Crippen LogP contribution in [0.4, 0.5) is 0 Å². The zero-order chi connectivity index (χ0) is 9.68. The predicted molar refractivity (Wildman–Crippen MR) is 48.7 cm³/mol. The van der Waals surface area contributed by atoms with E-state index in [2.05, 4.69) is 5.32 Å². The second-order valence-corrected chi connectivity index (χ2v) is 3.42. The van der Waals surface area contributed by atoms with Crippen molar-refractivity contribution in [1.29, 1.82) is 0 Å². The van der Waals surface area contributed by atoms with E-state index in [1.165, 1.54) is 0 Å². The molecule has 4 nitrogen and oxygen atoms in total. The Morgan fingerprint density at radius 3 is 2.85 bits per heavy atom. The summed E-state index contributed by atoms with van der Waals surface area (Å²) in [6.07, 6.45) is 0.677. The van der Waals surface area contributed by atoms with Crippen molar-refractivity contribution in [2.45, 2.75) is 6.42 Å². The van der Waals surface area contributed by atoms with Crippen LogP contribution in [0.1, 0.15) is 4.88 Å². The standard InChI is InChI=1S/C8H9NO3S/c10-7(8(11)12)9-4-3-6-2-1-5-13-6/h1-2,5H,3-4H2,(H,9,10)(H,11,12). The first kappa shape index (κ1) is 9.73. The third-order valence-electron chi connectivity index (χ3n) is 1.43. The third-order valence-corrected chi connectivity index (χ3v) is 2.37. The van der Waals surface area contributed by atoms with Crippen molar-refractivity contribution in [2.75, 3.05) is 6.54 Å². The van der Waals surface area contributed by atoms with E-state index in [4.69, 9.17) is 5.11 Å². The number of carbonyl (C=O) groups is 2. The quantitative estimate of drug-likeness (QED) is 0.696. The topological polar surface area (TPSA) is 66.4 Å². The van der Waals surface area contributed by atoms with E-state index < -0.39 is 11.9 Å². The second kappa shape index (κ2) is 4.61. The molecular weight excluding hydrogens is 190 g/mol. The summed E-state index contributed by atoms with van der Waals surface area (Å²) in [4.78, 5) is 21.8. The van der Waals surface area contributed by atoms with Gasteiger partial charge >= 0.3 is 11.9 Å². The Bertz CT molecular complexity index is 294. The Kier molecular flexibility index (Phi) is 3.45. The molecule has 0 aliphatic rings. The molecule has 1 aromatic heterocycles. The molecule has 0 saturated carbocycles. The highest BCUT2D eigenvalue weighted by molar-refractivity contribution is 7.09. The van der Waals surface area contributed by atoms with E-state index in [-0.39, 0.29) is 0 Å². The van der Waals surface area contributed by atoms with Gasteiger partial charge in [0.15, 0.2) is 0 Å². The van der Waals surface area contributed by atoms with Crippen LogP contribution in [-0.4, -0.2) is 23.5 Å². The Morgan fingerprint density at radius 2 is 2.31 bits per heavy atom. The van der Waals surface area contributed by atoms with E-state index in [1.54, 1.807) is 11.3 Å². The highest BCUT2D eigenvalue weighted by Crippen LogP contribution is 2.07. The number of thiophene rings is 1. The van der Waals surface area contributed by atoms with Gasteiger partial charge in [0.05, 0.1) is 0 Å². The van der Waals surface area contributed by atoms with Crippen LogP contribution in [0.5, 0.6) is 0 Å². The zero-order valence-electron chi connectivity index (χ0n) is 6.82. The minimum Gasteiger partial charge on any atom is -0.474 e. The minimum absolute atomic E-state index is 0.367. The molecule has 0 spiro atoms. The van der Waals surface area contributed by atoms with Crippen LogP contribution in [0.2, 0.25) is 0 Å². The molecule has 0 radical (unpaired) electrons. The Balaban J connectivity index is 2.22. The maximum Gasteiger partial charge on any atom is 0.394 e. The molecule has 1 rings (SSSR count). The number of rotatable bonds is 3. The molecule has 1 heterocycles. The Hall–Kier alpha value is -1.36.